The van der Waals surface area contributed by atoms with E-state index in [4.69, 9.17) is 9.47 Å². The molecule has 0 aliphatic rings. The van der Waals surface area contributed by atoms with Crippen LogP contribution in [0.5, 0.6) is 0 Å². The first kappa shape index (κ1) is 21.2. The van der Waals surface area contributed by atoms with Crippen LogP contribution in [0.25, 0.3) is 0 Å². The second kappa shape index (κ2) is 11.6. The van der Waals surface area contributed by atoms with Crippen LogP contribution in [0.3, 0.4) is 0 Å². The molecule has 0 unspecified atom stereocenters. The van der Waals surface area contributed by atoms with Gasteiger partial charge in [-0.2, -0.15) is 0 Å². The van der Waals surface area contributed by atoms with Crippen molar-refractivity contribution in [1.82, 2.24) is 4.90 Å². The van der Waals surface area contributed by atoms with Crippen LogP contribution in [0.4, 0.5) is 0 Å². The molecule has 1 rings (SSSR count). The molecule has 0 aliphatic heterocycles. The van der Waals surface area contributed by atoms with Crippen molar-refractivity contribution in [2.24, 2.45) is 5.92 Å². The lowest BCUT2D eigenvalue weighted by atomic mass is 10.1. The number of likely N-dealkylation sites (N-methyl/N-ethyl adjacent to an activating group) is 1. The lowest BCUT2D eigenvalue weighted by molar-refractivity contribution is 0.0432. The standard InChI is InChI=1S/C20H31NO4/c1-5-21(6-2)13-15-25-20(23)18-12-8-7-11-17(18)19(22)24-14-9-10-16(3)4/h7-8,11-12,16H,5-6,9-10,13-15H2,1-4H3. The minimum absolute atomic E-state index is 0.260. The summed E-state index contributed by atoms with van der Waals surface area (Å²) < 4.78 is 10.6. The third kappa shape index (κ3) is 7.69. The third-order valence-corrected chi connectivity index (χ3v) is 4.06. The molecular weight excluding hydrogens is 318 g/mol. The fourth-order valence-electron chi connectivity index (χ4n) is 2.46. The van der Waals surface area contributed by atoms with Crippen molar-refractivity contribution >= 4 is 11.9 Å². The summed E-state index contributed by atoms with van der Waals surface area (Å²) in [4.78, 5) is 26.7. The first-order valence-corrected chi connectivity index (χ1v) is 9.15. The van der Waals surface area contributed by atoms with Crippen molar-refractivity contribution < 1.29 is 19.1 Å². The van der Waals surface area contributed by atoms with E-state index in [9.17, 15) is 9.59 Å². The van der Waals surface area contributed by atoms with Crippen LogP contribution in [0, 0.1) is 5.92 Å². The van der Waals surface area contributed by atoms with Gasteiger partial charge in [0, 0.05) is 6.54 Å². The molecular formula is C20H31NO4. The third-order valence-electron chi connectivity index (χ3n) is 4.06. The van der Waals surface area contributed by atoms with E-state index in [0.29, 0.717) is 25.7 Å². The number of carbonyl (C=O) groups is 2. The molecule has 0 atom stereocenters. The number of rotatable bonds is 11. The Bertz CT molecular complexity index is 538. The van der Waals surface area contributed by atoms with Crippen LogP contribution in [-0.2, 0) is 9.47 Å². The van der Waals surface area contributed by atoms with Crippen LogP contribution in [-0.4, -0.2) is 49.7 Å². The molecule has 0 radical (unpaired) electrons. The Morgan fingerprint density at radius 1 is 0.960 bits per heavy atom. The molecule has 0 saturated heterocycles. The molecule has 0 N–H and O–H groups in total. The highest BCUT2D eigenvalue weighted by molar-refractivity contribution is 6.03. The quantitative estimate of drug-likeness (QED) is 0.449. The second-order valence-electron chi connectivity index (χ2n) is 6.38. The Balaban J connectivity index is 2.59. The molecule has 0 heterocycles. The number of hydrogen-bond acceptors (Lipinski definition) is 5. The Kier molecular flexibility index (Phi) is 9.85. The summed E-state index contributed by atoms with van der Waals surface area (Å²) in [7, 11) is 0. The molecule has 0 spiro atoms. The first-order chi connectivity index (χ1) is 12.0. The van der Waals surface area contributed by atoms with Gasteiger partial charge in [0.2, 0.25) is 0 Å². The zero-order valence-corrected chi connectivity index (χ0v) is 15.9. The van der Waals surface area contributed by atoms with Crippen molar-refractivity contribution in [3.63, 3.8) is 0 Å². The fraction of sp³-hybridized carbons (Fsp3) is 0.600. The van der Waals surface area contributed by atoms with Crippen molar-refractivity contribution in [3.05, 3.63) is 35.4 Å². The van der Waals surface area contributed by atoms with E-state index in [1.807, 2.05) is 0 Å². The van der Waals surface area contributed by atoms with E-state index in [1.165, 1.54) is 0 Å². The van der Waals surface area contributed by atoms with Gasteiger partial charge in [0.15, 0.2) is 0 Å². The average molecular weight is 349 g/mol. The van der Waals surface area contributed by atoms with E-state index >= 15 is 0 Å². The summed E-state index contributed by atoms with van der Waals surface area (Å²) in [5.74, 6) is -0.381. The molecule has 0 bridgehead atoms. The van der Waals surface area contributed by atoms with Gasteiger partial charge in [-0.3, -0.25) is 0 Å². The van der Waals surface area contributed by atoms with Gasteiger partial charge in [-0.05, 0) is 44.0 Å². The lowest BCUT2D eigenvalue weighted by Crippen LogP contribution is -2.28. The predicted molar refractivity (Wildman–Crippen MR) is 98.9 cm³/mol. The van der Waals surface area contributed by atoms with Gasteiger partial charge < -0.3 is 14.4 Å². The van der Waals surface area contributed by atoms with E-state index in [0.717, 1.165) is 25.9 Å². The van der Waals surface area contributed by atoms with Crippen LogP contribution < -0.4 is 0 Å². The van der Waals surface area contributed by atoms with Gasteiger partial charge in [0.25, 0.3) is 0 Å². The number of carbonyl (C=O) groups excluding carboxylic acids is 2. The van der Waals surface area contributed by atoms with E-state index in [-0.39, 0.29) is 11.1 Å². The summed E-state index contributed by atoms with van der Waals surface area (Å²) in [5.41, 5.74) is 0.524. The van der Waals surface area contributed by atoms with Gasteiger partial charge >= 0.3 is 11.9 Å². The maximum absolute atomic E-state index is 12.3. The summed E-state index contributed by atoms with van der Waals surface area (Å²) in [6.07, 6.45) is 1.82. The van der Waals surface area contributed by atoms with E-state index in [1.54, 1.807) is 24.3 Å². The van der Waals surface area contributed by atoms with Crippen molar-refractivity contribution in [1.29, 1.82) is 0 Å². The number of benzene rings is 1. The van der Waals surface area contributed by atoms with Gasteiger partial charge in [0.05, 0.1) is 17.7 Å². The Morgan fingerprint density at radius 3 is 1.96 bits per heavy atom. The minimum atomic E-state index is -0.484. The second-order valence-corrected chi connectivity index (χ2v) is 6.38. The van der Waals surface area contributed by atoms with Gasteiger partial charge in [-0.1, -0.05) is 39.8 Å². The Labute approximate surface area is 151 Å². The molecule has 1 aromatic rings. The van der Waals surface area contributed by atoms with Gasteiger partial charge in [0.1, 0.15) is 6.61 Å². The SMILES string of the molecule is CCN(CC)CCOC(=O)c1ccccc1C(=O)OCCCC(C)C. The lowest BCUT2D eigenvalue weighted by Gasteiger charge is -2.17. The van der Waals surface area contributed by atoms with Gasteiger partial charge in [-0.15, -0.1) is 0 Å². The average Bonchev–Trinajstić information content (AvgIpc) is 2.62. The molecule has 0 aromatic heterocycles. The number of esters is 2. The summed E-state index contributed by atoms with van der Waals surface area (Å²) >= 11 is 0. The number of nitrogens with zero attached hydrogens (tertiary/aromatic N) is 1. The van der Waals surface area contributed by atoms with Crippen LogP contribution >= 0.6 is 0 Å². The predicted octanol–water partition coefficient (Wildman–Crippen LogP) is 3.78. The highest BCUT2D eigenvalue weighted by Gasteiger charge is 2.19. The fourth-order valence-corrected chi connectivity index (χ4v) is 2.46. The monoisotopic (exact) mass is 349 g/mol. The minimum Gasteiger partial charge on any atom is -0.462 e. The smallest absolute Gasteiger partial charge is 0.339 e. The molecule has 0 saturated carbocycles. The molecule has 25 heavy (non-hydrogen) atoms. The molecule has 140 valence electrons. The molecule has 5 nitrogen and oxygen atoms in total. The number of hydrogen-bond donors (Lipinski definition) is 0. The Hall–Kier alpha value is -1.88. The summed E-state index contributed by atoms with van der Waals surface area (Å²) in [6, 6.07) is 6.64. The summed E-state index contributed by atoms with van der Waals surface area (Å²) in [6.45, 7) is 11.6. The first-order valence-electron chi connectivity index (χ1n) is 9.15. The molecule has 0 amide bonds. The zero-order chi connectivity index (χ0) is 18.7. The van der Waals surface area contributed by atoms with Gasteiger partial charge in [-0.25, -0.2) is 9.59 Å². The maximum atomic E-state index is 12.3. The highest BCUT2D eigenvalue weighted by atomic mass is 16.5. The molecule has 0 aliphatic carbocycles. The van der Waals surface area contributed by atoms with Crippen molar-refractivity contribution in [2.75, 3.05) is 32.8 Å². The summed E-state index contributed by atoms with van der Waals surface area (Å²) in [5, 5.41) is 0. The zero-order valence-electron chi connectivity index (χ0n) is 15.9. The molecule has 1 aromatic carbocycles. The van der Waals surface area contributed by atoms with E-state index < -0.39 is 11.9 Å². The maximum Gasteiger partial charge on any atom is 0.339 e. The van der Waals surface area contributed by atoms with Crippen molar-refractivity contribution in [3.8, 4) is 0 Å². The molecule has 0 fully saturated rings. The normalized spacial score (nSPS) is 11.0. The van der Waals surface area contributed by atoms with Crippen LogP contribution in [0.15, 0.2) is 24.3 Å². The largest absolute Gasteiger partial charge is 0.462 e. The Morgan fingerprint density at radius 2 is 1.48 bits per heavy atom. The number of ether oxygens (including phenoxy) is 2. The topological polar surface area (TPSA) is 55.8 Å². The van der Waals surface area contributed by atoms with Crippen LogP contribution in [0.1, 0.15) is 61.3 Å². The highest BCUT2D eigenvalue weighted by Crippen LogP contribution is 2.13. The van der Waals surface area contributed by atoms with Crippen molar-refractivity contribution in [2.45, 2.75) is 40.5 Å². The molecule has 5 heteroatoms. The van der Waals surface area contributed by atoms with E-state index in [2.05, 4.69) is 32.6 Å². The van der Waals surface area contributed by atoms with Crippen LogP contribution in [0.2, 0.25) is 0 Å².